The third-order valence-electron chi connectivity index (χ3n) is 3.62. The highest BCUT2D eigenvalue weighted by atomic mass is 16.5. The molecule has 0 atom stereocenters. The van der Waals surface area contributed by atoms with E-state index >= 15 is 0 Å². The average molecular weight is 298 g/mol. The molecule has 6 heteroatoms. The number of nitrogens with zero attached hydrogens (tertiary/aromatic N) is 2. The number of hydrogen-bond acceptors (Lipinski definition) is 4. The second kappa shape index (κ2) is 5.22. The van der Waals surface area contributed by atoms with E-state index < -0.39 is 0 Å². The summed E-state index contributed by atoms with van der Waals surface area (Å²) >= 11 is 0. The number of ether oxygens (including phenoxy) is 1. The van der Waals surface area contributed by atoms with Gasteiger partial charge in [-0.05, 0) is 31.5 Å². The van der Waals surface area contributed by atoms with Crippen LogP contribution in [0.5, 0.6) is 5.75 Å². The van der Waals surface area contributed by atoms with Gasteiger partial charge >= 0.3 is 0 Å². The minimum atomic E-state index is -0.114. The van der Waals surface area contributed by atoms with E-state index in [0.29, 0.717) is 16.7 Å². The number of aromatic nitrogens is 3. The van der Waals surface area contributed by atoms with Gasteiger partial charge in [0.2, 0.25) is 0 Å². The number of para-hydroxylation sites is 1. The third kappa shape index (κ3) is 2.22. The van der Waals surface area contributed by atoms with Crippen molar-refractivity contribution in [1.29, 1.82) is 0 Å². The molecule has 0 aliphatic carbocycles. The van der Waals surface area contributed by atoms with E-state index in [1.54, 1.807) is 14.2 Å². The van der Waals surface area contributed by atoms with Crippen LogP contribution < -0.4 is 15.6 Å². The fraction of sp³-hybridized carbons (Fsp3) is 0.250. The zero-order valence-electron chi connectivity index (χ0n) is 13.0. The molecule has 22 heavy (non-hydrogen) atoms. The van der Waals surface area contributed by atoms with Gasteiger partial charge in [-0.25, -0.2) is 4.98 Å². The van der Waals surface area contributed by atoms with Crippen LogP contribution in [0.25, 0.3) is 11.0 Å². The number of fused-ring (bicyclic) bond motifs is 1. The zero-order chi connectivity index (χ0) is 15.9. The number of methoxy groups -OCH3 is 1. The lowest BCUT2D eigenvalue weighted by Gasteiger charge is -2.13. The number of H-pyrrole nitrogens is 1. The number of pyridine rings is 1. The topological polar surface area (TPSA) is 71.9 Å². The normalized spacial score (nSPS) is 10.9. The van der Waals surface area contributed by atoms with Crippen molar-refractivity contribution < 1.29 is 4.74 Å². The number of aryl methyl sites for hydroxylation is 3. The van der Waals surface area contributed by atoms with Gasteiger partial charge in [0.15, 0.2) is 5.65 Å². The van der Waals surface area contributed by atoms with E-state index in [1.165, 1.54) is 4.68 Å². The minimum absolute atomic E-state index is 0.114. The number of rotatable bonds is 3. The maximum atomic E-state index is 12.3. The van der Waals surface area contributed by atoms with Gasteiger partial charge in [-0.2, -0.15) is 0 Å². The summed E-state index contributed by atoms with van der Waals surface area (Å²) < 4.78 is 6.88. The van der Waals surface area contributed by atoms with Crippen molar-refractivity contribution in [2.24, 2.45) is 7.05 Å². The summed E-state index contributed by atoms with van der Waals surface area (Å²) in [6, 6.07) is 7.71. The summed E-state index contributed by atoms with van der Waals surface area (Å²) in [5, 5.41) is 6.80. The van der Waals surface area contributed by atoms with Crippen LogP contribution in [0.1, 0.15) is 11.3 Å². The Labute approximate surface area is 127 Å². The van der Waals surface area contributed by atoms with Gasteiger partial charge in [0.1, 0.15) is 11.1 Å². The van der Waals surface area contributed by atoms with E-state index in [0.717, 1.165) is 22.7 Å². The van der Waals surface area contributed by atoms with Crippen molar-refractivity contribution >= 4 is 22.4 Å². The standard InChI is InChI=1S/C16H18N4O2/c1-9-6-5-7-11(14(9)22-4)18-12-8-10(2)17-15-13(12)16(21)20(3)19-15/h5-8H,1-4H3,(H2,17,18,19). The van der Waals surface area contributed by atoms with Crippen molar-refractivity contribution in [2.75, 3.05) is 12.4 Å². The molecule has 0 aliphatic heterocycles. The molecule has 1 aromatic carbocycles. The van der Waals surface area contributed by atoms with Crippen molar-refractivity contribution in [1.82, 2.24) is 14.8 Å². The molecule has 0 bridgehead atoms. The van der Waals surface area contributed by atoms with E-state index in [-0.39, 0.29) is 5.56 Å². The lowest BCUT2D eigenvalue weighted by molar-refractivity contribution is 0.414. The lowest BCUT2D eigenvalue weighted by atomic mass is 10.1. The first kappa shape index (κ1) is 14.2. The van der Waals surface area contributed by atoms with Crippen LogP contribution in [0.15, 0.2) is 29.1 Å². The maximum Gasteiger partial charge on any atom is 0.277 e. The van der Waals surface area contributed by atoms with Crippen LogP contribution in [0.2, 0.25) is 0 Å². The molecule has 0 unspecified atom stereocenters. The molecule has 6 nitrogen and oxygen atoms in total. The molecule has 0 fully saturated rings. The van der Waals surface area contributed by atoms with Crippen LogP contribution in [0.4, 0.5) is 11.4 Å². The molecule has 3 rings (SSSR count). The fourth-order valence-corrected chi connectivity index (χ4v) is 2.61. The van der Waals surface area contributed by atoms with Gasteiger partial charge < -0.3 is 10.1 Å². The van der Waals surface area contributed by atoms with Gasteiger partial charge in [0.25, 0.3) is 5.56 Å². The second-order valence-corrected chi connectivity index (χ2v) is 5.29. The van der Waals surface area contributed by atoms with Crippen molar-refractivity contribution in [2.45, 2.75) is 13.8 Å². The summed E-state index contributed by atoms with van der Waals surface area (Å²) in [5.41, 5.74) is 3.84. The Morgan fingerprint density at radius 2 is 2.05 bits per heavy atom. The molecule has 2 heterocycles. The highest BCUT2D eigenvalue weighted by molar-refractivity contribution is 5.91. The number of nitrogens with one attached hydrogen (secondary N) is 2. The number of anilines is 2. The molecule has 114 valence electrons. The second-order valence-electron chi connectivity index (χ2n) is 5.29. The Balaban J connectivity index is 2.20. The molecular formula is C16H18N4O2. The Morgan fingerprint density at radius 1 is 1.27 bits per heavy atom. The Bertz CT molecular complexity index is 908. The Kier molecular flexibility index (Phi) is 3.36. The van der Waals surface area contributed by atoms with Gasteiger partial charge in [-0.15, -0.1) is 0 Å². The van der Waals surface area contributed by atoms with Crippen molar-refractivity contribution in [3.05, 3.63) is 45.9 Å². The Morgan fingerprint density at radius 3 is 2.77 bits per heavy atom. The SMILES string of the molecule is COc1c(C)cccc1Nc1cc(C)nc2[nH]n(C)c(=O)c12. The van der Waals surface area contributed by atoms with Gasteiger partial charge in [-0.3, -0.25) is 14.6 Å². The van der Waals surface area contributed by atoms with Gasteiger partial charge in [-0.1, -0.05) is 12.1 Å². The van der Waals surface area contributed by atoms with Crippen molar-refractivity contribution in [3.8, 4) is 5.75 Å². The van der Waals surface area contributed by atoms with Crippen LogP contribution in [-0.2, 0) is 7.05 Å². The zero-order valence-corrected chi connectivity index (χ0v) is 13.0. The predicted molar refractivity (Wildman–Crippen MR) is 87.1 cm³/mol. The minimum Gasteiger partial charge on any atom is -0.494 e. The van der Waals surface area contributed by atoms with Crippen LogP contribution in [0, 0.1) is 13.8 Å². The summed E-state index contributed by atoms with van der Waals surface area (Å²) in [6.07, 6.45) is 0. The van der Waals surface area contributed by atoms with Crippen LogP contribution in [0.3, 0.4) is 0 Å². The first-order valence-electron chi connectivity index (χ1n) is 6.98. The van der Waals surface area contributed by atoms with E-state index in [4.69, 9.17) is 4.74 Å². The van der Waals surface area contributed by atoms with Crippen LogP contribution >= 0.6 is 0 Å². The molecule has 0 saturated carbocycles. The van der Waals surface area contributed by atoms with E-state index in [2.05, 4.69) is 15.4 Å². The van der Waals surface area contributed by atoms with E-state index in [9.17, 15) is 4.79 Å². The largest absolute Gasteiger partial charge is 0.494 e. The van der Waals surface area contributed by atoms with Gasteiger partial charge in [0.05, 0.1) is 18.5 Å². The Hall–Kier alpha value is -2.76. The quantitative estimate of drug-likeness (QED) is 0.779. The number of hydrogen-bond donors (Lipinski definition) is 2. The lowest BCUT2D eigenvalue weighted by Crippen LogP contribution is -2.12. The first-order chi connectivity index (χ1) is 10.5. The molecule has 3 aromatic rings. The molecule has 0 saturated heterocycles. The summed E-state index contributed by atoms with van der Waals surface area (Å²) in [7, 11) is 3.31. The molecule has 0 spiro atoms. The maximum absolute atomic E-state index is 12.3. The smallest absolute Gasteiger partial charge is 0.277 e. The monoisotopic (exact) mass is 298 g/mol. The molecular weight excluding hydrogens is 280 g/mol. The third-order valence-corrected chi connectivity index (χ3v) is 3.62. The average Bonchev–Trinajstić information content (AvgIpc) is 2.74. The fourth-order valence-electron chi connectivity index (χ4n) is 2.61. The molecule has 0 amide bonds. The highest BCUT2D eigenvalue weighted by Crippen LogP contribution is 2.32. The summed E-state index contributed by atoms with van der Waals surface area (Å²) in [5.74, 6) is 0.762. The van der Waals surface area contributed by atoms with E-state index in [1.807, 2.05) is 38.1 Å². The van der Waals surface area contributed by atoms with Gasteiger partial charge in [0, 0.05) is 12.7 Å². The molecule has 0 radical (unpaired) electrons. The van der Waals surface area contributed by atoms with Crippen molar-refractivity contribution in [3.63, 3.8) is 0 Å². The first-order valence-corrected chi connectivity index (χ1v) is 6.98. The molecule has 0 aliphatic rings. The summed E-state index contributed by atoms with van der Waals surface area (Å²) in [6.45, 7) is 3.87. The highest BCUT2D eigenvalue weighted by Gasteiger charge is 2.14. The number of aromatic amines is 1. The van der Waals surface area contributed by atoms with Crippen LogP contribution in [-0.4, -0.2) is 21.9 Å². The number of benzene rings is 1. The summed E-state index contributed by atoms with van der Waals surface area (Å²) in [4.78, 5) is 16.7. The predicted octanol–water partition coefficient (Wildman–Crippen LogP) is 2.63. The molecule has 2 aromatic heterocycles. The molecule has 2 N–H and O–H groups in total.